The minimum Gasteiger partial charge on any atom is -0.289 e. The van der Waals surface area contributed by atoms with Crippen LogP contribution in [-0.2, 0) is 5.41 Å². The number of carbonyl (C=O) groups is 1. The number of fused-ring (bicyclic) bond motifs is 5. The highest BCUT2D eigenvalue weighted by molar-refractivity contribution is 6.18. The van der Waals surface area contributed by atoms with Crippen LogP contribution in [0.1, 0.15) is 53.4 Å². The highest BCUT2D eigenvalue weighted by Crippen LogP contribution is 2.38. The van der Waals surface area contributed by atoms with Gasteiger partial charge in [-0.05, 0) is 115 Å². The van der Waals surface area contributed by atoms with Crippen molar-refractivity contribution in [3.63, 3.8) is 0 Å². The van der Waals surface area contributed by atoms with Gasteiger partial charge in [-0.1, -0.05) is 136 Å². The van der Waals surface area contributed by atoms with Crippen molar-refractivity contribution < 1.29 is 4.79 Å². The molecule has 0 unspecified atom stereocenters. The van der Waals surface area contributed by atoms with Gasteiger partial charge in [-0.2, -0.15) is 0 Å². The number of hydrogen-bond donors (Lipinski definition) is 0. The first-order chi connectivity index (χ1) is 22.2. The Bertz CT molecular complexity index is 2300. The van der Waals surface area contributed by atoms with Crippen LogP contribution in [0.4, 0.5) is 0 Å². The molecule has 0 fully saturated rings. The number of carbonyl (C=O) groups excluding carboxylic acids is 1. The van der Waals surface area contributed by atoms with E-state index in [2.05, 4.69) is 144 Å². The Labute approximate surface area is 271 Å². The summed E-state index contributed by atoms with van der Waals surface area (Å²) in [7, 11) is 0. The largest absolute Gasteiger partial charge is 0.289 e. The van der Waals surface area contributed by atoms with E-state index in [9.17, 15) is 4.79 Å². The molecule has 7 rings (SSSR count). The number of rotatable bonds is 4. The smallest absolute Gasteiger partial charge is 0.193 e. The highest BCUT2D eigenvalue weighted by atomic mass is 16.1. The van der Waals surface area contributed by atoms with E-state index in [4.69, 9.17) is 0 Å². The summed E-state index contributed by atoms with van der Waals surface area (Å²) < 4.78 is 0. The van der Waals surface area contributed by atoms with Crippen LogP contribution in [0.3, 0.4) is 0 Å². The van der Waals surface area contributed by atoms with E-state index in [0.29, 0.717) is 5.56 Å². The zero-order valence-corrected chi connectivity index (χ0v) is 27.2. The van der Waals surface area contributed by atoms with Gasteiger partial charge in [0.2, 0.25) is 0 Å². The van der Waals surface area contributed by atoms with Crippen molar-refractivity contribution in [3.05, 3.63) is 167 Å². The third kappa shape index (κ3) is 5.33. The maximum Gasteiger partial charge on any atom is 0.193 e. The van der Waals surface area contributed by atoms with E-state index in [1.165, 1.54) is 21.9 Å². The fourth-order valence-electron chi connectivity index (χ4n) is 6.66. The predicted molar refractivity (Wildman–Crippen MR) is 197 cm³/mol. The van der Waals surface area contributed by atoms with Crippen LogP contribution in [0.25, 0.3) is 54.6 Å². The van der Waals surface area contributed by atoms with Crippen molar-refractivity contribution in [1.29, 1.82) is 0 Å². The second-order valence-electron chi connectivity index (χ2n) is 13.4. The summed E-state index contributed by atoms with van der Waals surface area (Å²) in [6, 6.07) is 48.9. The fraction of sp³-hybridized carbons (Fsp3) is 0.133. The van der Waals surface area contributed by atoms with Gasteiger partial charge in [0.25, 0.3) is 0 Å². The molecule has 7 aromatic rings. The Morgan fingerprint density at radius 1 is 0.478 bits per heavy atom. The average molecular weight is 595 g/mol. The van der Waals surface area contributed by atoms with Gasteiger partial charge >= 0.3 is 0 Å². The zero-order valence-electron chi connectivity index (χ0n) is 27.2. The molecule has 46 heavy (non-hydrogen) atoms. The van der Waals surface area contributed by atoms with E-state index in [1.807, 2.05) is 30.3 Å². The van der Waals surface area contributed by atoms with E-state index in [-0.39, 0.29) is 11.2 Å². The summed E-state index contributed by atoms with van der Waals surface area (Å²) in [4.78, 5) is 14.5. The molecule has 0 radical (unpaired) electrons. The van der Waals surface area contributed by atoms with Gasteiger partial charge in [0.15, 0.2) is 5.78 Å². The van der Waals surface area contributed by atoms with Gasteiger partial charge in [-0.3, -0.25) is 4.79 Å². The van der Waals surface area contributed by atoms with Gasteiger partial charge in [0, 0.05) is 11.1 Å². The molecule has 0 saturated carbocycles. The van der Waals surface area contributed by atoms with Crippen LogP contribution < -0.4 is 0 Å². The molecule has 1 nitrogen and oxygen atoms in total. The van der Waals surface area contributed by atoms with Gasteiger partial charge in [0.05, 0.1) is 0 Å². The highest BCUT2D eigenvalue weighted by Gasteiger charge is 2.19. The van der Waals surface area contributed by atoms with Crippen molar-refractivity contribution >= 4 is 38.1 Å². The van der Waals surface area contributed by atoms with Gasteiger partial charge < -0.3 is 0 Å². The first kappa shape index (κ1) is 29.4. The van der Waals surface area contributed by atoms with Crippen molar-refractivity contribution in [2.24, 2.45) is 0 Å². The molecule has 7 aromatic carbocycles. The molecule has 224 valence electrons. The Balaban J connectivity index is 1.67. The van der Waals surface area contributed by atoms with Crippen LogP contribution >= 0.6 is 0 Å². The van der Waals surface area contributed by atoms with Crippen LogP contribution in [-0.4, -0.2) is 5.78 Å². The van der Waals surface area contributed by atoms with E-state index >= 15 is 0 Å². The Kier molecular flexibility index (Phi) is 7.41. The Morgan fingerprint density at radius 2 is 1.00 bits per heavy atom. The zero-order chi connectivity index (χ0) is 32.0. The molecular formula is C45H38O. The number of aryl methyl sites for hydroxylation is 2. The molecule has 4 bridgehead atoms. The maximum atomic E-state index is 14.5. The molecule has 0 saturated heterocycles. The third-order valence-corrected chi connectivity index (χ3v) is 9.41. The molecule has 0 amide bonds. The number of ketones is 1. The van der Waals surface area contributed by atoms with Crippen LogP contribution in [0.5, 0.6) is 0 Å². The standard InChI is InChI=1S/C45H38O/c1-29-34-23-36(44(46)39-22-14-20-31-19-12-13-21-38(31)39)27-40(29)42(32-15-8-6-9-16-32)26-35-24-37(45(3,4)5)28-41(30(35)2)43(25-34)33-17-10-7-11-18-33/h6-28H,1-5H3. The number of hydrogen-bond acceptors (Lipinski definition) is 1. The van der Waals surface area contributed by atoms with Crippen molar-refractivity contribution in [2.75, 3.05) is 0 Å². The molecule has 0 aliphatic heterocycles. The lowest BCUT2D eigenvalue weighted by molar-refractivity contribution is 0.104. The minimum atomic E-state index is -0.0356. The average Bonchev–Trinajstić information content (AvgIpc) is 3.07. The van der Waals surface area contributed by atoms with Gasteiger partial charge in [-0.25, -0.2) is 0 Å². The molecule has 0 aliphatic carbocycles. The third-order valence-electron chi connectivity index (χ3n) is 9.41. The molecule has 1 heteroatoms. The topological polar surface area (TPSA) is 17.1 Å². The van der Waals surface area contributed by atoms with E-state index in [1.54, 1.807) is 0 Å². The molecule has 0 atom stereocenters. The van der Waals surface area contributed by atoms with Crippen LogP contribution in [0.15, 0.2) is 140 Å². The van der Waals surface area contributed by atoms with Gasteiger partial charge in [0.1, 0.15) is 0 Å². The molecule has 0 aromatic heterocycles. The summed E-state index contributed by atoms with van der Waals surface area (Å²) in [5, 5.41) is 6.56. The molecule has 0 heterocycles. The van der Waals surface area contributed by atoms with Crippen molar-refractivity contribution in [2.45, 2.75) is 40.0 Å². The predicted octanol–water partition coefficient (Wildman–Crippen LogP) is 12.2. The van der Waals surface area contributed by atoms with Crippen LogP contribution in [0.2, 0.25) is 0 Å². The quantitative estimate of drug-likeness (QED) is 0.185. The number of benzene rings is 6. The van der Waals surface area contributed by atoms with Crippen molar-refractivity contribution in [3.8, 4) is 22.3 Å². The lowest BCUT2D eigenvalue weighted by atomic mass is 9.82. The SMILES string of the molecule is Cc1c2cc(C(=O)c3cccc4ccccc34)cc1c(-c1ccccc1)cc1cc(C(C)(C)C)cc(c(-c3ccccc3)c2)c1C. The summed E-state index contributed by atoms with van der Waals surface area (Å²) in [6.45, 7) is 11.3. The maximum absolute atomic E-state index is 14.5. The minimum absolute atomic E-state index is 0.0307. The summed E-state index contributed by atoms with van der Waals surface area (Å²) in [5.41, 5.74) is 9.61. The van der Waals surface area contributed by atoms with E-state index < -0.39 is 0 Å². The molecule has 0 N–H and O–H groups in total. The summed E-state index contributed by atoms with van der Waals surface area (Å²) in [5.74, 6) is 0.0307. The van der Waals surface area contributed by atoms with Crippen LogP contribution in [0, 0.1) is 13.8 Å². The second-order valence-corrected chi connectivity index (χ2v) is 13.4. The Morgan fingerprint density at radius 3 is 1.61 bits per heavy atom. The van der Waals surface area contributed by atoms with Crippen molar-refractivity contribution in [1.82, 2.24) is 0 Å². The van der Waals surface area contributed by atoms with E-state index in [0.717, 1.165) is 54.9 Å². The van der Waals surface area contributed by atoms with Gasteiger partial charge in [-0.15, -0.1) is 0 Å². The normalized spacial score (nSPS) is 11.7. The lowest BCUT2D eigenvalue weighted by Crippen LogP contribution is -2.11. The Hall–Kier alpha value is -5.27. The molecule has 0 spiro atoms. The second kappa shape index (κ2) is 11.6. The first-order valence-electron chi connectivity index (χ1n) is 16.1. The first-order valence-corrected chi connectivity index (χ1v) is 16.1. The fourth-order valence-corrected chi connectivity index (χ4v) is 6.66. The lowest BCUT2D eigenvalue weighted by Gasteiger charge is -2.22. The molecular weight excluding hydrogens is 556 g/mol. The summed E-state index contributed by atoms with van der Waals surface area (Å²) in [6.07, 6.45) is 0. The monoisotopic (exact) mass is 594 g/mol. The molecule has 0 aliphatic rings. The summed E-state index contributed by atoms with van der Waals surface area (Å²) >= 11 is 0.